The Balaban J connectivity index is 1.75. The zero-order valence-corrected chi connectivity index (χ0v) is 22.0. The van der Waals surface area contributed by atoms with Crippen LogP contribution < -0.4 is 0 Å². The quantitative estimate of drug-likeness (QED) is 0.181. The fourth-order valence-corrected chi connectivity index (χ4v) is 5.19. The van der Waals surface area contributed by atoms with Crippen LogP contribution in [-0.2, 0) is 0 Å². The van der Waals surface area contributed by atoms with Gasteiger partial charge in [0.15, 0.2) is 0 Å². The van der Waals surface area contributed by atoms with E-state index in [4.69, 9.17) is 21.9 Å². The van der Waals surface area contributed by atoms with E-state index in [-0.39, 0.29) is 0 Å². The number of benzene rings is 9. The molecular weight excluding hydrogens is 528 g/mol. The molecule has 0 spiro atoms. The number of hydrogen-bond donors (Lipinski definition) is 0. The number of rotatable bonds is 3. The minimum absolute atomic E-state index is 0.629. The van der Waals surface area contributed by atoms with Crippen molar-refractivity contribution in [1.82, 2.24) is 0 Å². The first kappa shape index (κ1) is 9.64. The molecule has 0 saturated carbocycles. The van der Waals surface area contributed by atoms with E-state index in [0.29, 0.717) is 0 Å². The van der Waals surface area contributed by atoms with Crippen molar-refractivity contribution in [3.8, 4) is 33.4 Å². The summed E-state index contributed by atoms with van der Waals surface area (Å²) in [5, 5.41) is -7.30. The molecule has 0 aliphatic rings. The lowest BCUT2D eigenvalue weighted by atomic mass is 9.82. The van der Waals surface area contributed by atoms with Gasteiger partial charge in [-0.3, -0.25) is 0 Å². The summed E-state index contributed by atoms with van der Waals surface area (Å²) < 4.78 is 253. The van der Waals surface area contributed by atoms with Gasteiger partial charge in [0, 0.05) is 0 Å². The Labute approximate surface area is 295 Å². The van der Waals surface area contributed by atoms with Crippen LogP contribution in [0.4, 0.5) is 0 Å². The van der Waals surface area contributed by atoms with E-state index in [0.717, 1.165) is 0 Å². The molecule has 0 bridgehead atoms. The summed E-state index contributed by atoms with van der Waals surface area (Å²) in [6.07, 6.45) is 0. The van der Waals surface area contributed by atoms with Crippen molar-refractivity contribution in [2.24, 2.45) is 0 Å². The van der Waals surface area contributed by atoms with E-state index in [1.165, 1.54) is 0 Å². The van der Waals surface area contributed by atoms with Crippen molar-refractivity contribution in [2.75, 3.05) is 0 Å². The second-order valence-electron chi connectivity index (χ2n) is 9.50. The molecule has 0 heterocycles. The summed E-state index contributed by atoms with van der Waals surface area (Å²) in [7, 11) is 0. The SMILES string of the molecule is [2H]c1c([2H])c([2H])c2c([2H])c(-c3c([2H])c([2H])c([2H])c4c(-c5c([2H])c([2H])c6c([2H])c([2H])c([2H])c([2H])c6c5[2H])c5c([2H])c([2H])c([2H])c([2H])c5c(-c5c([2H])c([2H])c6c([2H])c([2H])c([2H])c([2H])c6c5[2H])c34)c([2H])c([2H])c2c1[2H]. The Morgan fingerprint density at radius 3 is 1.27 bits per heavy atom. The van der Waals surface area contributed by atoms with Crippen molar-refractivity contribution in [3.05, 3.63) is 169 Å². The van der Waals surface area contributed by atoms with Gasteiger partial charge in [-0.2, -0.15) is 0 Å². The summed E-state index contributed by atoms with van der Waals surface area (Å²) in [5.74, 6) is 0. The Bertz CT molecular complexity index is 4120. The molecule has 0 aliphatic carbocycles. The van der Waals surface area contributed by atoms with Gasteiger partial charge < -0.3 is 0 Å². The average Bonchev–Trinajstić information content (AvgIpc) is 3.34. The molecule has 9 aromatic rings. The van der Waals surface area contributed by atoms with E-state index in [1.54, 1.807) is 0 Å². The topological polar surface area (TPSA) is 0 Å². The maximum atomic E-state index is 9.70. The van der Waals surface area contributed by atoms with Crippen LogP contribution in [0, 0.1) is 0 Å². The predicted molar refractivity (Wildman–Crippen MR) is 190 cm³/mol. The van der Waals surface area contributed by atoms with Gasteiger partial charge in [0.25, 0.3) is 0 Å². The van der Waals surface area contributed by atoms with E-state index in [1.807, 2.05) is 0 Å². The lowest BCUT2D eigenvalue weighted by molar-refractivity contribution is 1.66. The summed E-state index contributed by atoms with van der Waals surface area (Å²) >= 11 is 0. The highest BCUT2D eigenvalue weighted by atomic mass is 14.2. The van der Waals surface area contributed by atoms with E-state index in [2.05, 4.69) is 0 Å². The molecule has 204 valence electrons. The van der Waals surface area contributed by atoms with Crippen molar-refractivity contribution >= 4 is 53.9 Å². The number of hydrogen-bond acceptors (Lipinski definition) is 0. The standard InChI is InChI=1S/C44H28/c1-4-13-32-26-35(23-20-29(32)10-1)38-18-9-19-41-42(36-24-21-30-11-2-5-14-33(30)27-36)39-16-7-8-17-40(39)43(44(38)41)37-25-22-31-12-3-6-15-34(31)28-37/h1-28H/i1D,2D,3D,4D,5D,6D,7D,8D,9D,10D,11D,12D,13D,14D,15D,16D,17D,18D,19D,20D,21D,22D,23D,24D,25D,26D,27D,28D. The van der Waals surface area contributed by atoms with E-state index in [9.17, 15) is 16.4 Å². The van der Waals surface area contributed by atoms with Crippen molar-refractivity contribution in [1.29, 1.82) is 0 Å². The minimum atomic E-state index is -1.12. The molecular formula is C44H28. The lowest BCUT2D eigenvalue weighted by Crippen LogP contribution is -1.93. The van der Waals surface area contributed by atoms with Crippen molar-refractivity contribution < 1.29 is 38.4 Å². The van der Waals surface area contributed by atoms with Crippen LogP contribution in [0.5, 0.6) is 0 Å². The van der Waals surface area contributed by atoms with Gasteiger partial charge in [0.05, 0.1) is 38.4 Å². The van der Waals surface area contributed by atoms with Gasteiger partial charge in [-0.1, -0.05) is 151 Å². The molecule has 0 N–H and O–H groups in total. The van der Waals surface area contributed by atoms with Crippen LogP contribution in [0.25, 0.3) is 87.2 Å². The van der Waals surface area contributed by atoms with Crippen LogP contribution in [0.1, 0.15) is 38.4 Å². The summed E-state index contributed by atoms with van der Waals surface area (Å²) in [6.45, 7) is 0. The van der Waals surface area contributed by atoms with Crippen LogP contribution in [0.15, 0.2) is 169 Å². The lowest BCUT2D eigenvalue weighted by Gasteiger charge is -2.21. The first-order valence-corrected chi connectivity index (χ1v) is 13.0. The molecule has 0 heteroatoms. The van der Waals surface area contributed by atoms with Gasteiger partial charge in [-0.15, -0.1) is 0 Å². The van der Waals surface area contributed by atoms with Crippen LogP contribution in [0.2, 0.25) is 0 Å². The third-order valence-electron chi connectivity index (χ3n) is 7.06. The molecule has 0 nitrogen and oxygen atoms in total. The summed E-state index contributed by atoms with van der Waals surface area (Å²) in [4.78, 5) is 0. The summed E-state index contributed by atoms with van der Waals surface area (Å²) in [6, 6.07) is -27.1. The van der Waals surface area contributed by atoms with E-state index < -0.39 is 256 Å². The van der Waals surface area contributed by atoms with E-state index >= 15 is 0 Å². The highest BCUT2D eigenvalue weighted by Gasteiger charge is 2.20. The number of fused-ring (bicyclic) bond motifs is 5. The Morgan fingerprint density at radius 2 is 0.705 bits per heavy atom. The van der Waals surface area contributed by atoms with Gasteiger partial charge >= 0.3 is 0 Å². The van der Waals surface area contributed by atoms with Gasteiger partial charge in [-0.05, 0) is 105 Å². The molecule has 9 aromatic carbocycles. The molecule has 0 amide bonds. The second kappa shape index (κ2) is 9.93. The Kier molecular flexibility index (Phi) is 2.18. The average molecular weight is 585 g/mol. The maximum Gasteiger partial charge on any atom is 0.0636 e. The molecule has 0 aromatic heterocycles. The smallest absolute Gasteiger partial charge is 0.0616 e. The highest BCUT2D eigenvalue weighted by Crippen LogP contribution is 2.47. The van der Waals surface area contributed by atoms with Gasteiger partial charge in [0.1, 0.15) is 0 Å². The van der Waals surface area contributed by atoms with Gasteiger partial charge in [0.2, 0.25) is 0 Å². The molecule has 0 radical (unpaired) electrons. The molecule has 9 rings (SSSR count). The summed E-state index contributed by atoms with van der Waals surface area (Å²) in [5.41, 5.74) is -5.20. The first-order chi connectivity index (χ1) is 33.5. The Morgan fingerprint density at radius 1 is 0.295 bits per heavy atom. The second-order valence-corrected chi connectivity index (χ2v) is 9.50. The highest BCUT2D eigenvalue weighted by molar-refractivity contribution is 6.25. The largest absolute Gasteiger partial charge is 0.0636 e. The molecule has 0 fully saturated rings. The monoisotopic (exact) mass is 584 g/mol. The van der Waals surface area contributed by atoms with Crippen LogP contribution in [-0.4, -0.2) is 0 Å². The minimum Gasteiger partial charge on any atom is -0.0616 e. The van der Waals surface area contributed by atoms with Crippen molar-refractivity contribution in [2.45, 2.75) is 0 Å². The zero-order valence-electron chi connectivity index (χ0n) is 50.0. The van der Waals surface area contributed by atoms with Crippen LogP contribution in [0.3, 0.4) is 0 Å². The molecule has 0 atom stereocenters. The fraction of sp³-hybridized carbons (Fsp3) is 0. The molecule has 0 unspecified atom stereocenters. The van der Waals surface area contributed by atoms with Crippen molar-refractivity contribution in [3.63, 3.8) is 0 Å². The maximum absolute atomic E-state index is 9.70. The van der Waals surface area contributed by atoms with Crippen LogP contribution >= 0.6 is 0 Å². The fourth-order valence-electron chi connectivity index (χ4n) is 5.19. The predicted octanol–water partition coefficient (Wildman–Crippen LogP) is 12.5. The van der Waals surface area contributed by atoms with Gasteiger partial charge in [-0.25, -0.2) is 0 Å². The normalized spacial score (nSPS) is 20.5. The molecule has 44 heavy (non-hydrogen) atoms. The third-order valence-corrected chi connectivity index (χ3v) is 7.06. The third kappa shape index (κ3) is 3.92. The Hall–Kier alpha value is -5.72. The molecule has 0 saturated heterocycles. The zero-order chi connectivity index (χ0) is 53.4. The first-order valence-electron chi connectivity index (χ1n) is 27.0. The molecule has 0 aliphatic heterocycles.